The number of likely N-dealkylation sites (tertiary alicyclic amines) is 1. The van der Waals surface area contributed by atoms with Crippen LogP contribution in [0.5, 0.6) is 5.75 Å². The van der Waals surface area contributed by atoms with Crippen LogP contribution in [0.15, 0.2) is 30.5 Å². The maximum absolute atomic E-state index is 13.3. The number of aromatic nitrogens is 5. The number of pyridine rings is 1. The second-order valence-corrected chi connectivity index (χ2v) is 10.9. The molecule has 2 fully saturated rings. The molecule has 1 amide bonds. The van der Waals surface area contributed by atoms with Crippen molar-refractivity contribution in [2.75, 3.05) is 48.8 Å². The van der Waals surface area contributed by atoms with Crippen LogP contribution >= 0.6 is 11.3 Å². The molecule has 0 radical (unpaired) electrons. The summed E-state index contributed by atoms with van der Waals surface area (Å²) in [6.45, 7) is 3.29. The number of nitrogens with zero attached hydrogens (tertiary/aromatic N) is 7. The molecule has 0 aliphatic carbocycles. The van der Waals surface area contributed by atoms with E-state index in [1.165, 1.54) is 24.5 Å². The van der Waals surface area contributed by atoms with Gasteiger partial charge in [0.15, 0.2) is 11.5 Å². The number of hydrogen-bond donors (Lipinski definition) is 2. The van der Waals surface area contributed by atoms with Gasteiger partial charge >= 0.3 is 6.18 Å². The third-order valence-corrected chi connectivity index (χ3v) is 7.81. The Morgan fingerprint density at radius 3 is 2.62 bits per heavy atom. The third-order valence-electron chi connectivity index (χ3n) is 7.04. The molecule has 1 atom stereocenters. The van der Waals surface area contributed by atoms with E-state index in [2.05, 4.69) is 45.8 Å². The lowest BCUT2D eigenvalue weighted by Gasteiger charge is -2.31. The van der Waals surface area contributed by atoms with E-state index in [0.29, 0.717) is 42.0 Å². The topological polar surface area (TPSA) is 121 Å². The Morgan fingerprint density at radius 1 is 1.10 bits per heavy atom. The quantitative estimate of drug-likeness (QED) is 0.390. The molecule has 0 unspecified atom stereocenters. The molecular formula is C25H30F3N9O2S. The van der Waals surface area contributed by atoms with Gasteiger partial charge in [-0.05, 0) is 62.5 Å². The molecule has 214 valence electrons. The van der Waals surface area contributed by atoms with E-state index in [4.69, 9.17) is 4.74 Å². The Kier molecular flexibility index (Phi) is 8.59. The number of anilines is 3. The number of piperidine rings is 1. The van der Waals surface area contributed by atoms with E-state index >= 15 is 0 Å². The number of halogens is 3. The minimum atomic E-state index is -4.58. The van der Waals surface area contributed by atoms with Crippen LogP contribution in [0.2, 0.25) is 0 Å². The lowest BCUT2D eigenvalue weighted by atomic mass is 9.93. The molecular weight excluding hydrogens is 547 g/mol. The van der Waals surface area contributed by atoms with Crippen LogP contribution in [0.3, 0.4) is 0 Å². The maximum Gasteiger partial charge on any atom is 0.437 e. The maximum atomic E-state index is 13.3. The number of nitrogens with one attached hydrogen (secondary N) is 2. The fourth-order valence-corrected chi connectivity index (χ4v) is 5.74. The summed E-state index contributed by atoms with van der Waals surface area (Å²) in [5, 5.41) is 23.7. The van der Waals surface area contributed by atoms with Crippen molar-refractivity contribution in [2.45, 2.75) is 44.4 Å². The fourth-order valence-electron chi connectivity index (χ4n) is 5.01. The predicted octanol–water partition coefficient (Wildman–Crippen LogP) is 3.68. The zero-order valence-electron chi connectivity index (χ0n) is 21.9. The number of carbonyl (C=O) groups is 1. The molecule has 0 bridgehead atoms. The molecule has 5 heterocycles. The molecule has 0 aromatic carbocycles. The molecule has 0 spiro atoms. The number of rotatable bonds is 9. The molecule has 2 saturated heterocycles. The number of methoxy groups -OCH3 is 1. The van der Waals surface area contributed by atoms with Gasteiger partial charge in [-0.25, -0.2) is 4.98 Å². The van der Waals surface area contributed by atoms with Gasteiger partial charge in [0.25, 0.3) is 0 Å². The Bertz CT molecular complexity index is 1290. The van der Waals surface area contributed by atoms with Crippen LogP contribution in [0.25, 0.3) is 0 Å². The lowest BCUT2D eigenvalue weighted by Crippen LogP contribution is -2.34. The van der Waals surface area contributed by atoms with Gasteiger partial charge in [-0.1, -0.05) is 11.3 Å². The van der Waals surface area contributed by atoms with Crippen molar-refractivity contribution < 1.29 is 22.7 Å². The van der Waals surface area contributed by atoms with Crippen LogP contribution in [0, 0.1) is 5.92 Å². The number of ether oxygens (including phenoxy) is 1. The smallest absolute Gasteiger partial charge is 0.437 e. The minimum absolute atomic E-state index is 0.123. The molecule has 5 rings (SSSR count). The summed E-state index contributed by atoms with van der Waals surface area (Å²) in [5.41, 5.74) is -0.676. The number of amides is 1. The van der Waals surface area contributed by atoms with Crippen LogP contribution in [-0.2, 0) is 17.5 Å². The molecule has 0 saturated carbocycles. The molecule has 15 heteroatoms. The summed E-state index contributed by atoms with van der Waals surface area (Å²) in [4.78, 5) is 20.7. The summed E-state index contributed by atoms with van der Waals surface area (Å²) in [6, 6.07) is 6.85. The summed E-state index contributed by atoms with van der Waals surface area (Å²) < 4.78 is 44.6. The van der Waals surface area contributed by atoms with E-state index in [0.717, 1.165) is 38.2 Å². The monoisotopic (exact) mass is 577 g/mol. The normalized spacial score (nSPS) is 18.6. The fraction of sp³-hybridized carbons (Fsp3) is 0.520. The van der Waals surface area contributed by atoms with Gasteiger partial charge in [-0.2, -0.15) is 18.3 Å². The Labute approximate surface area is 233 Å². The van der Waals surface area contributed by atoms with Gasteiger partial charge in [0.2, 0.25) is 16.2 Å². The highest BCUT2D eigenvalue weighted by atomic mass is 32.1. The SMILES string of the molecule is COc1ccc(CN2CCC(CC(=O)Nc3nnc(N[C@@H]4CCN(c5cccnn5)C4)s3)CC2)nc1C(F)(F)F. The summed E-state index contributed by atoms with van der Waals surface area (Å²) >= 11 is 1.30. The molecule has 3 aromatic rings. The van der Waals surface area contributed by atoms with Gasteiger partial charge in [-0.3, -0.25) is 9.69 Å². The molecule has 2 N–H and O–H groups in total. The van der Waals surface area contributed by atoms with Crippen molar-refractivity contribution in [1.29, 1.82) is 0 Å². The Morgan fingerprint density at radius 2 is 1.90 bits per heavy atom. The largest absolute Gasteiger partial charge is 0.494 e. The zero-order chi connectivity index (χ0) is 28.1. The van der Waals surface area contributed by atoms with Crippen molar-refractivity contribution in [3.05, 3.63) is 41.9 Å². The van der Waals surface area contributed by atoms with Gasteiger partial charge in [-0.15, -0.1) is 15.3 Å². The number of alkyl halides is 3. The van der Waals surface area contributed by atoms with E-state index < -0.39 is 11.9 Å². The van der Waals surface area contributed by atoms with E-state index in [1.54, 1.807) is 12.3 Å². The highest BCUT2D eigenvalue weighted by Crippen LogP contribution is 2.35. The standard InChI is InChI=1S/C25H30F3N9O2S/c1-39-19-5-4-17(30-22(19)25(26,27)28)14-36-10-6-16(7-11-36)13-21(38)32-24-35-34-23(40-24)31-18-8-12-37(15-18)20-3-2-9-29-33-20/h2-5,9,16,18H,6-8,10-15H2,1H3,(H,31,34)(H,32,35,38)/t18-/m1/s1. The van der Waals surface area contributed by atoms with Crippen molar-refractivity contribution in [2.24, 2.45) is 5.92 Å². The van der Waals surface area contributed by atoms with Gasteiger partial charge in [0.05, 0.1) is 12.8 Å². The lowest BCUT2D eigenvalue weighted by molar-refractivity contribution is -0.142. The van der Waals surface area contributed by atoms with E-state index in [-0.39, 0.29) is 23.6 Å². The number of hydrogen-bond acceptors (Lipinski definition) is 11. The zero-order valence-corrected chi connectivity index (χ0v) is 22.7. The van der Waals surface area contributed by atoms with Crippen LogP contribution in [0.1, 0.15) is 37.1 Å². The van der Waals surface area contributed by atoms with Crippen LogP contribution in [-0.4, -0.2) is 75.5 Å². The Hall–Kier alpha value is -3.59. The second-order valence-electron chi connectivity index (χ2n) is 9.89. The van der Waals surface area contributed by atoms with Crippen LogP contribution in [0.4, 0.5) is 29.3 Å². The molecule has 11 nitrogen and oxygen atoms in total. The second kappa shape index (κ2) is 12.3. The summed E-state index contributed by atoms with van der Waals surface area (Å²) in [5.74, 6) is 0.614. The first kappa shape index (κ1) is 28.0. The van der Waals surface area contributed by atoms with Crippen LogP contribution < -0.4 is 20.3 Å². The average Bonchev–Trinajstić information content (AvgIpc) is 3.59. The van der Waals surface area contributed by atoms with Crippen molar-refractivity contribution >= 4 is 33.3 Å². The van der Waals surface area contributed by atoms with Gasteiger partial charge < -0.3 is 20.3 Å². The van der Waals surface area contributed by atoms with Crippen molar-refractivity contribution in [1.82, 2.24) is 30.3 Å². The predicted molar refractivity (Wildman–Crippen MR) is 143 cm³/mol. The summed E-state index contributed by atoms with van der Waals surface area (Å²) in [7, 11) is 1.19. The van der Waals surface area contributed by atoms with E-state index in [9.17, 15) is 18.0 Å². The van der Waals surface area contributed by atoms with Gasteiger partial charge in [0.1, 0.15) is 5.75 Å². The van der Waals surface area contributed by atoms with Crippen molar-refractivity contribution in [3.63, 3.8) is 0 Å². The number of carbonyl (C=O) groups excluding carboxylic acids is 1. The first-order valence-corrected chi connectivity index (χ1v) is 13.8. The van der Waals surface area contributed by atoms with Crippen molar-refractivity contribution in [3.8, 4) is 5.75 Å². The molecule has 3 aromatic heterocycles. The highest BCUT2D eigenvalue weighted by Gasteiger charge is 2.37. The molecule has 2 aliphatic rings. The third kappa shape index (κ3) is 7.13. The molecule has 2 aliphatic heterocycles. The minimum Gasteiger partial charge on any atom is -0.494 e. The molecule has 40 heavy (non-hydrogen) atoms. The van der Waals surface area contributed by atoms with E-state index in [1.807, 2.05) is 12.1 Å². The summed E-state index contributed by atoms with van der Waals surface area (Å²) in [6.07, 6.45) is -0.124. The average molecular weight is 578 g/mol. The van der Waals surface area contributed by atoms with Gasteiger partial charge in [0, 0.05) is 38.3 Å². The first-order valence-electron chi connectivity index (χ1n) is 13.0. The first-order chi connectivity index (χ1) is 19.3. The Balaban J connectivity index is 1.04. The highest BCUT2D eigenvalue weighted by molar-refractivity contribution is 7.19.